The van der Waals surface area contributed by atoms with Crippen LogP contribution in [0.2, 0.25) is 0 Å². The molecule has 0 spiro atoms. The Morgan fingerprint density at radius 1 is 1.16 bits per heavy atom. The minimum Gasteiger partial charge on any atom is -0.508 e. The van der Waals surface area contributed by atoms with Crippen molar-refractivity contribution in [3.05, 3.63) is 53.5 Å². The molecule has 94 valence electrons. The monoisotopic (exact) mass is 270 g/mol. The molecule has 19 heavy (non-hydrogen) atoms. The van der Waals surface area contributed by atoms with Crippen molar-refractivity contribution in [2.75, 3.05) is 5.32 Å². The molecule has 1 aromatic heterocycles. The van der Waals surface area contributed by atoms with Crippen LogP contribution in [0.25, 0.3) is 10.2 Å². The zero-order valence-electron chi connectivity index (χ0n) is 9.83. The van der Waals surface area contributed by atoms with Gasteiger partial charge in [-0.05, 0) is 42.5 Å². The molecule has 0 radical (unpaired) electrons. The van der Waals surface area contributed by atoms with Crippen LogP contribution < -0.4 is 5.32 Å². The highest BCUT2D eigenvalue weighted by atomic mass is 32.1. The third-order valence-electron chi connectivity index (χ3n) is 2.72. The Morgan fingerprint density at radius 2 is 1.95 bits per heavy atom. The summed E-state index contributed by atoms with van der Waals surface area (Å²) in [7, 11) is 0. The molecule has 3 rings (SSSR count). The highest BCUT2D eigenvalue weighted by Gasteiger charge is 2.06. The van der Waals surface area contributed by atoms with Crippen LogP contribution in [-0.4, -0.2) is 16.0 Å². The van der Waals surface area contributed by atoms with E-state index in [1.165, 1.54) is 23.5 Å². The molecule has 3 aromatic rings. The molecule has 0 saturated carbocycles. The fourth-order valence-electron chi connectivity index (χ4n) is 1.75. The molecule has 0 saturated heterocycles. The van der Waals surface area contributed by atoms with Gasteiger partial charge in [-0.2, -0.15) is 0 Å². The molecule has 2 N–H and O–H groups in total. The van der Waals surface area contributed by atoms with E-state index in [1.807, 2.05) is 18.2 Å². The minimum absolute atomic E-state index is 0.141. The number of fused-ring (bicyclic) bond motifs is 1. The fraction of sp³-hybridized carbons (Fsp3) is 0. The van der Waals surface area contributed by atoms with E-state index in [0.717, 1.165) is 15.9 Å². The normalized spacial score (nSPS) is 10.5. The zero-order valence-corrected chi connectivity index (χ0v) is 10.6. The van der Waals surface area contributed by atoms with Crippen LogP contribution in [0.1, 0.15) is 10.4 Å². The molecular weight excluding hydrogens is 260 g/mol. The third kappa shape index (κ3) is 2.41. The number of carbonyl (C=O) groups excluding carboxylic acids is 1. The Bertz CT molecular complexity index is 735. The van der Waals surface area contributed by atoms with Crippen LogP contribution in [0.4, 0.5) is 5.69 Å². The molecule has 1 heterocycles. The van der Waals surface area contributed by atoms with Gasteiger partial charge in [-0.25, -0.2) is 4.98 Å². The Morgan fingerprint density at radius 3 is 2.74 bits per heavy atom. The largest absolute Gasteiger partial charge is 0.508 e. The fourth-order valence-corrected chi connectivity index (χ4v) is 2.47. The summed E-state index contributed by atoms with van der Waals surface area (Å²) in [5.74, 6) is -0.0634. The molecular formula is C14H10N2O2S. The van der Waals surface area contributed by atoms with Gasteiger partial charge in [-0.1, -0.05) is 0 Å². The van der Waals surface area contributed by atoms with E-state index in [9.17, 15) is 9.90 Å². The number of aromatic hydroxyl groups is 1. The van der Waals surface area contributed by atoms with Gasteiger partial charge in [0.15, 0.2) is 0 Å². The maximum Gasteiger partial charge on any atom is 0.255 e. The zero-order chi connectivity index (χ0) is 13.2. The molecule has 5 heteroatoms. The highest BCUT2D eigenvalue weighted by molar-refractivity contribution is 7.16. The third-order valence-corrected chi connectivity index (χ3v) is 3.51. The van der Waals surface area contributed by atoms with Gasteiger partial charge >= 0.3 is 0 Å². The number of thiazole rings is 1. The van der Waals surface area contributed by atoms with Crippen LogP contribution in [0.3, 0.4) is 0 Å². The molecule has 0 atom stereocenters. The maximum atomic E-state index is 12.0. The quantitative estimate of drug-likeness (QED) is 0.751. The number of anilines is 1. The van der Waals surface area contributed by atoms with Crippen LogP contribution >= 0.6 is 11.3 Å². The molecule has 0 fully saturated rings. The number of nitrogens with zero attached hydrogens (tertiary/aromatic N) is 1. The first-order chi connectivity index (χ1) is 9.22. The van der Waals surface area contributed by atoms with Gasteiger partial charge in [0.05, 0.1) is 15.7 Å². The Hall–Kier alpha value is -2.40. The van der Waals surface area contributed by atoms with Crippen molar-refractivity contribution in [1.82, 2.24) is 4.98 Å². The van der Waals surface area contributed by atoms with Gasteiger partial charge in [0.2, 0.25) is 0 Å². The summed E-state index contributed by atoms with van der Waals surface area (Å²) in [6, 6.07) is 11.7. The van der Waals surface area contributed by atoms with E-state index in [1.54, 1.807) is 17.6 Å². The molecule has 4 nitrogen and oxygen atoms in total. The number of carbonyl (C=O) groups is 1. The summed E-state index contributed by atoms with van der Waals surface area (Å²) < 4.78 is 1.03. The first kappa shape index (κ1) is 11.7. The summed E-state index contributed by atoms with van der Waals surface area (Å²) in [5, 5.41) is 12.0. The number of phenols is 1. The summed E-state index contributed by atoms with van der Waals surface area (Å²) in [4.78, 5) is 16.2. The lowest BCUT2D eigenvalue weighted by molar-refractivity contribution is 0.102. The standard InChI is InChI=1S/C14H10N2O2S/c17-11-4-1-9(2-5-11)14(18)16-10-3-6-12-13(7-10)19-8-15-12/h1-8,17H,(H,16,18). The number of hydrogen-bond donors (Lipinski definition) is 2. The first-order valence-corrected chi connectivity index (χ1v) is 6.54. The second kappa shape index (κ2) is 4.70. The smallest absolute Gasteiger partial charge is 0.255 e. The lowest BCUT2D eigenvalue weighted by Gasteiger charge is -2.05. The van der Waals surface area contributed by atoms with E-state index in [-0.39, 0.29) is 11.7 Å². The second-order valence-electron chi connectivity index (χ2n) is 4.04. The van der Waals surface area contributed by atoms with E-state index < -0.39 is 0 Å². The SMILES string of the molecule is O=C(Nc1ccc2ncsc2c1)c1ccc(O)cc1. The average molecular weight is 270 g/mol. The Balaban J connectivity index is 1.83. The van der Waals surface area contributed by atoms with Gasteiger partial charge in [0.1, 0.15) is 5.75 Å². The number of phenolic OH excluding ortho intramolecular Hbond substituents is 1. The van der Waals surface area contributed by atoms with Gasteiger partial charge in [0.25, 0.3) is 5.91 Å². The van der Waals surface area contributed by atoms with Gasteiger partial charge in [0, 0.05) is 11.3 Å². The molecule has 0 aliphatic rings. The summed E-state index contributed by atoms with van der Waals surface area (Å²) >= 11 is 1.53. The predicted molar refractivity (Wildman–Crippen MR) is 75.7 cm³/mol. The van der Waals surface area contributed by atoms with Crippen molar-refractivity contribution in [2.24, 2.45) is 0 Å². The van der Waals surface area contributed by atoms with Crippen LogP contribution in [0, 0.1) is 0 Å². The Labute approximate surface area is 113 Å². The predicted octanol–water partition coefficient (Wildman–Crippen LogP) is 3.25. The minimum atomic E-state index is -0.205. The average Bonchev–Trinajstić information content (AvgIpc) is 2.87. The maximum absolute atomic E-state index is 12.0. The van der Waals surface area contributed by atoms with E-state index in [2.05, 4.69) is 10.3 Å². The molecule has 0 bridgehead atoms. The van der Waals surface area contributed by atoms with Gasteiger partial charge < -0.3 is 10.4 Å². The van der Waals surface area contributed by atoms with Crippen molar-refractivity contribution < 1.29 is 9.90 Å². The second-order valence-corrected chi connectivity index (χ2v) is 4.92. The van der Waals surface area contributed by atoms with Crippen molar-refractivity contribution in [3.8, 4) is 5.75 Å². The number of hydrogen-bond acceptors (Lipinski definition) is 4. The van der Waals surface area contributed by atoms with Crippen molar-refractivity contribution in [2.45, 2.75) is 0 Å². The van der Waals surface area contributed by atoms with Crippen molar-refractivity contribution >= 4 is 33.1 Å². The lowest BCUT2D eigenvalue weighted by atomic mass is 10.2. The number of nitrogens with one attached hydrogen (secondary N) is 1. The summed E-state index contributed by atoms with van der Waals surface area (Å²) in [6.45, 7) is 0. The lowest BCUT2D eigenvalue weighted by Crippen LogP contribution is -2.11. The van der Waals surface area contributed by atoms with Gasteiger partial charge in [-0.15, -0.1) is 11.3 Å². The molecule has 1 amide bonds. The van der Waals surface area contributed by atoms with E-state index >= 15 is 0 Å². The highest BCUT2D eigenvalue weighted by Crippen LogP contribution is 2.22. The van der Waals surface area contributed by atoms with Crippen molar-refractivity contribution in [1.29, 1.82) is 0 Å². The number of aromatic nitrogens is 1. The molecule has 0 unspecified atom stereocenters. The number of amides is 1. The Kier molecular flexibility index (Phi) is 2.89. The van der Waals surface area contributed by atoms with E-state index in [0.29, 0.717) is 5.56 Å². The first-order valence-electron chi connectivity index (χ1n) is 5.66. The number of rotatable bonds is 2. The van der Waals surface area contributed by atoms with Crippen LogP contribution in [0.15, 0.2) is 48.0 Å². The van der Waals surface area contributed by atoms with E-state index in [4.69, 9.17) is 0 Å². The number of benzene rings is 2. The summed E-state index contributed by atoms with van der Waals surface area (Å²) in [5.41, 5.74) is 3.93. The van der Waals surface area contributed by atoms with Crippen LogP contribution in [-0.2, 0) is 0 Å². The van der Waals surface area contributed by atoms with Gasteiger partial charge in [-0.3, -0.25) is 4.79 Å². The van der Waals surface area contributed by atoms with Crippen LogP contribution in [0.5, 0.6) is 5.75 Å². The molecule has 0 aliphatic heterocycles. The van der Waals surface area contributed by atoms with Crippen molar-refractivity contribution in [3.63, 3.8) is 0 Å². The topological polar surface area (TPSA) is 62.2 Å². The molecule has 0 aliphatic carbocycles. The summed E-state index contributed by atoms with van der Waals surface area (Å²) in [6.07, 6.45) is 0. The molecule has 2 aromatic carbocycles.